The molecule has 1 aliphatic rings. The van der Waals surface area contributed by atoms with E-state index in [1.165, 1.54) is 6.20 Å². The van der Waals surface area contributed by atoms with Crippen LogP contribution < -0.4 is 9.64 Å². The third-order valence-electron chi connectivity index (χ3n) is 6.19. The number of aryl methyl sites for hydroxylation is 1. The van der Waals surface area contributed by atoms with Gasteiger partial charge in [0, 0.05) is 37.1 Å². The Morgan fingerprint density at radius 1 is 1.11 bits per heavy atom. The number of halogens is 1. The average molecular weight is 587 g/mol. The normalized spacial score (nSPS) is 14.3. The molecule has 1 aliphatic heterocycles. The Morgan fingerprint density at radius 2 is 1.86 bits per heavy atom. The van der Waals surface area contributed by atoms with E-state index in [4.69, 9.17) is 9.47 Å². The van der Waals surface area contributed by atoms with Crippen LogP contribution in [0.3, 0.4) is 0 Å². The highest BCUT2D eigenvalue weighted by atomic mass is 79.9. The Labute approximate surface area is 223 Å². The van der Waals surface area contributed by atoms with Crippen molar-refractivity contribution in [1.29, 1.82) is 0 Å². The Bertz CT molecular complexity index is 1520. The molecule has 0 atom stereocenters. The molecule has 2 aromatic heterocycles. The van der Waals surface area contributed by atoms with E-state index in [9.17, 15) is 13.5 Å². The van der Waals surface area contributed by atoms with Gasteiger partial charge >= 0.3 is 0 Å². The van der Waals surface area contributed by atoms with Crippen molar-refractivity contribution < 1.29 is 23.0 Å². The van der Waals surface area contributed by atoms with Crippen LogP contribution >= 0.6 is 15.9 Å². The zero-order chi connectivity index (χ0) is 26.0. The summed E-state index contributed by atoms with van der Waals surface area (Å²) in [5.41, 5.74) is 3.46. The number of morpholine rings is 1. The van der Waals surface area contributed by atoms with Crippen molar-refractivity contribution in [2.75, 3.05) is 44.4 Å². The van der Waals surface area contributed by atoms with E-state index in [1.807, 2.05) is 25.1 Å². The number of aliphatic hydroxyl groups excluding tert-OH is 1. The van der Waals surface area contributed by atoms with Crippen LogP contribution in [0.1, 0.15) is 12.0 Å². The summed E-state index contributed by atoms with van der Waals surface area (Å²) in [7, 11) is -3.97. The van der Waals surface area contributed by atoms with E-state index in [2.05, 4.69) is 30.9 Å². The second-order valence-corrected chi connectivity index (χ2v) is 11.3. The lowest BCUT2D eigenvalue weighted by atomic mass is 10.1. The van der Waals surface area contributed by atoms with Crippen LogP contribution in [0, 0.1) is 6.92 Å². The number of fused-ring (bicyclic) bond motifs is 1. The maximum Gasteiger partial charge on any atom is 0.283 e. The molecule has 2 aromatic carbocycles. The molecular weight excluding hydrogens is 560 g/mol. The molecule has 0 radical (unpaired) electrons. The summed E-state index contributed by atoms with van der Waals surface area (Å²) in [5.74, 6) is 0.644. The fourth-order valence-electron chi connectivity index (χ4n) is 4.26. The van der Waals surface area contributed by atoms with Gasteiger partial charge in [-0.05, 0) is 53.2 Å². The zero-order valence-electron chi connectivity index (χ0n) is 20.3. The van der Waals surface area contributed by atoms with Crippen LogP contribution in [0.5, 0.6) is 5.75 Å². The van der Waals surface area contributed by atoms with E-state index >= 15 is 0 Å². The number of hydrogen-bond donors (Lipinski definition) is 1. The first-order valence-corrected chi connectivity index (χ1v) is 14.2. The Hall–Kier alpha value is -2.99. The highest BCUT2D eigenvalue weighted by molar-refractivity contribution is 9.10. The minimum atomic E-state index is -3.97. The van der Waals surface area contributed by atoms with Gasteiger partial charge in [0.1, 0.15) is 21.6 Å². The number of anilines is 1. The fourth-order valence-corrected chi connectivity index (χ4v) is 5.86. The van der Waals surface area contributed by atoms with Crippen LogP contribution in [-0.2, 0) is 14.8 Å². The monoisotopic (exact) mass is 586 g/mol. The second-order valence-electron chi connectivity index (χ2n) is 8.74. The quantitative estimate of drug-likeness (QED) is 0.244. The van der Waals surface area contributed by atoms with E-state index < -0.39 is 10.0 Å². The molecule has 194 valence electrons. The molecule has 11 heteroatoms. The number of nitrogens with zero attached hydrogens (tertiary/aromatic N) is 4. The van der Waals surface area contributed by atoms with E-state index in [0.29, 0.717) is 58.8 Å². The Kier molecular flexibility index (Phi) is 7.47. The van der Waals surface area contributed by atoms with Crippen LogP contribution in [0.15, 0.2) is 64.2 Å². The summed E-state index contributed by atoms with van der Waals surface area (Å²) in [6, 6.07) is 14.2. The van der Waals surface area contributed by atoms with Crippen LogP contribution in [0.4, 0.5) is 5.69 Å². The molecule has 1 fully saturated rings. The lowest BCUT2D eigenvalue weighted by Gasteiger charge is -2.30. The minimum Gasteiger partial charge on any atom is -0.491 e. The third-order valence-corrected chi connectivity index (χ3v) is 8.23. The van der Waals surface area contributed by atoms with E-state index in [1.54, 1.807) is 30.3 Å². The van der Waals surface area contributed by atoms with Gasteiger partial charge in [-0.3, -0.25) is 0 Å². The lowest BCUT2D eigenvalue weighted by Crippen LogP contribution is -2.36. The Morgan fingerprint density at radius 3 is 2.59 bits per heavy atom. The van der Waals surface area contributed by atoms with Gasteiger partial charge in [0.2, 0.25) is 0 Å². The molecular formula is C26H27BrN4O5S. The molecule has 9 nitrogen and oxygen atoms in total. The molecule has 5 rings (SSSR count). The van der Waals surface area contributed by atoms with Crippen molar-refractivity contribution in [3.8, 4) is 17.0 Å². The molecule has 0 spiro atoms. The molecule has 1 N–H and O–H groups in total. The summed E-state index contributed by atoms with van der Waals surface area (Å²) in [6.07, 6.45) is 2.00. The first-order valence-electron chi connectivity index (χ1n) is 12.0. The SMILES string of the molecule is Cc1ccc(S(=O)(=O)n2nc(-c3ccc(N4CCOCC4)c(OCCCO)c3)c3cc(Br)ncc32)cc1. The van der Waals surface area contributed by atoms with Crippen molar-refractivity contribution in [1.82, 2.24) is 14.2 Å². The lowest BCUT2D eigenvalue weighted by molar-refractivity contribution is 0.122. The summed E-state index contributed by atoms with van der Waals surface area (Å²) < 4.78 is 40.3. The summed E-state index contributed by atoms with van der Waals surface area (Å²) in [4.78, 5) is 6.60. The number of aromatic nitrogens is 3. The smallest absolute Gasteiger partial charge is 0.283 e. The van der Waals surface area contributed by atoms with Crippen molar-refractivity contribution in [2.24, 2.45) is 0 Å². The first kappa shape index (κ1) is 25.7. The molecule has 37 heavy (non-hydrogen) atoms. The van der Waals surface area contributed by atoms with Gasteiger partial charge < -0.3 is 19.5 Å². The second kappa shape index (κ2) is 10.8. The van der Waals surface area contributed by atoms with Crippen LogP contribution in [-0.4, -0.2) is 67.2 Å². The van der Waals surface area contributed by atoms with Crippen LogP contribution in [0.25, 0.3) is 22.2 Å². The van der Waals surface area contributed by atoms with Crippen molar-refractivity contribution in [3.63, 3.8) is 0 Å². The summed E-state index contributed by atoms with van der Waals surface area (Å²) in [6.45, 7) is 5.01. The molecule has 0 amide bonds. The third kappa shape index (κ3) is 5.22. The molecule has 0 saturated carbocycles. The predicted octanol–water partition coefficient (Wildman–Crippen LogP) is 4.00. The van der Waals surface area contributed by atoms with Crippen molar-refractivity contribution >= 4 is 42.5 Å². The number of pyridine rings is 1. The van der Waals surface area contributed by atoms with Gasteiger partial charge in [-0.25, -0.2) is 4.98 Å². The maximum absolute atomic E-state index is 13.6. The summed E-state index contributed by atoms with van der Waals surface area (Å²) in [5, 5.41) is 14.5. The highest BCUT2D eigenvalue weighted by Crippen LogP contribution is 2.37. The van der Waals surface area contributed by atoms with Gasteiger partial charge in [-0.1, -0.05) is 23.8 Å². The molecule has 0 unspecified atom stereocenters. The van der Waals surface area contributed by atoms with Crippen molar-refractivity contribution in [2.45, 2.75) is 18.2 Å². The molecule has 0 aliphatic carbocycles. The van der Waals surface area contributed by atoms with Gasteiger partial charge in [-0.15, -0.1) is 0 Å². The average Bonchev–Trinajstić information content (AvgIpc) is 3.29. The standard InChI is InChI=1S/C26H27BrN4O5S/c1-18-3-6-20(7-4-18)37(33,34)31-23-17-28-25(27)16-21(23)26(29-31)19-5-8-22(30-9-13-35-14-10-30)24(15-19)36-12-2-11-32/h3-8,15-17,32H,2,9-14H2,1H3. The number of ether oxygens (including phenoxy) is 2. The minimum absolute atomic E-state index is 0.0273. The van der Waals surface area contributed by atoms with Gasteiger partial charge in [-0.2, -0.15) is 17.6 Å². The predicted molar refractivity (Wildman–Crippen MR) is 145 cm³/mol. The summed E-state index contributed by atoms with van der Waals surface area (Å²) >= 11 is 3.41. The number of hydrogen-bond acceptors (Lipinski definition) is 8. The number of aliphatic hydroxyl groups is 1. The molecule has 0 bridgehead atoms. The zero-order valence-corrected chi connectivity index (χ0v) is 22.7. The van der Waals surface area contributed by atoms with Crippen molar-refractivity contribution in [3.05, 3.63) is 64.9 Å². The molecule has 3 heterocycles. The van der Waals surface area contributed by atoms with E-state index in [0.717, 1.165) is 28.4 Å². The first-order chi connectivity index (χ1) is 17.9. The Balaban J connectivity index is 1.64. The fraction of sp³-hybridized carbons (Fsp3) is 0.308. The van der Waals surface area contributed by atoms with Gasteiger partial charge in [0.05, 0.1) is 36.6 Å². The number of rotatable bonds is 8. The topological polar surface area (TPSA) is 107 Å². The maximum atomic E-state index is 13.6. The highest BCUT2D eigenvalue weighted by Gasteiger charge is 2.25. The number of benzene rings is 2. The van der Waals surface area contributed by atoms with Gasteiger partial charge in [0.25, 0.3) is 10.0 Å². The molecule has 1 saturated heterocycles. The largest absolute Gasteiger partial charge is 0.491 e. The van der Waals surface area contributed by atoms with Crippen LogP contribution in [0.2, 0.25) is 0 Å². The van der Waals surface area contributed by atoms with E-state index in [-0.39, 0.29) is 11.5 Å². The van der Waals surface area contributed by atoms with Gasteiger partial charge in [0.15, 0.2) is 0 Å². The molecule has 4 aromatic rings.